The molecule has 0 bridgehead atoms. The molecular formula is C23H20FNO. The Morgan fingerprint density at radius 3 is 2.38 bits per heavy atom. The molecule has 1 aliphatic heterocycles. The van der Waals surface area contributed by atoms with Crippen molar-refractivity contribution in [1.82, 2.24) is 4.90 Å². The van der Waals surface area contributed by atoms with Crippen molar-refractivity contribution in [3.63, 3.8) is 0 Å². The van der Waals surface area contributed by atoms with E-state index in [0.29, 0.717) is 13.0 Å². The Balaban J connectivity index is 1.71. The van der Waals surface area contributed by atoms with Gasteiger partial charge in [-0.25, -0.2) is 4.39 Å². The summed E-state index contributed by atoms with van der Waals surface area (Å²) in [6.45, 7) is 0.671. The standard InChI is InChI=1S/C23H20FNO/c24-20-12-10-19(11-13-20)23-21-9-5-4-8-18(21)14-15-25(23)22(26)16-17-6-2-1-3-7-17/h1-13,23H,14-16H2/t23-/m0/s1. The fourth-order valence-corrected chi connectivity index (χ4v) is 3.71. The molecule has 4 rings (SSSR count). The molecule has 1 amide bonds. The number of carbonyl (C=O) groups is 1. The predicted molar refractivity (Wildman–Crippen MR) is 100 cm³/mol. The van der Waals surface area contributed by atoms with Crippen LogP contribution in [-0.2, 0) is 17.6 Å². The summed E-state index contributed by atoms with van der Waals surface area (Å²) in [5, 5.41) is 0. The van der Waals surface area contributed by atoms with Gasteiger partial charge in [-0.05, 0) is 40.8 Å². The molecule has 2 nitrogen and oxygen atoms in total. The molecule has 0 unspecified atom stereocenters. The molecule has 0 aliphatic carbocycles. The summed E-state index contributed by atoms with van der Waals surface area (Å²) in [5.74, 6) is -0.167. The first-order valence-electron chi connectivity index (χ1n) is 8.89. The first-order chi connectivity index (χ1) is 12.7. The second kappa shape index (κ2) is 7.12. The summed E-state index contributed by atoms with van der Waals surface area (Å²) in [6.07, 6.45) is 1.22. The van der Waals surface area contributed by atoms with E-state index in [1.54, 1.807) is 12.1 Å². The minimum atomic E-state index is -0.264. The molecule has 0 N–H and O–H groups in total. The van der Waals surface area contributed by atoms with Crippen LogP contribution in [0.15, 0.2) is 78.9 Å². The van der Waals surface area contributed by atoms with Crippen LogP contribution in [0.4, 0.5) is 4.39 Å². The van der Waals surface area contributed by atoms with Crippen molar-refractivity contribution in [2.45, 2.75) is 18.9 Å². The monoisotopic (exact) mass is 345 g/mol. The minimum absolute atomic E-state index is 0.0972. The van der Waals surface area contributed by atoms with Gasteiger partial charge in [0.1, 0.15) is 5.82 Å². The molecule has 0 fully saturated rings. The molecular weight excluding hydrogens is 325 g/mol. The molecule has 1 atom stereocenters. The molecule has 26 heavy (non-hydrogen) atoms. The summed E-state index contributed by atoms with van der Waals surface area (Å²) in [4.78, 5) is 15.0. The summed E-state index contributed by atoms with van der Waals surface area (Å²) in [7, 11) is 0. The van der Waals surface area contributed by atoms with E-state index in [2.05, 4.69) is 12.1 Å². The van der Waals surface area contributed by atoms with Crippen LogP contribution in [0.2, 0.25) is 0 Å². The van der Waals surface area contributed by atoms with Crippen molar-refractivity contribution in [2.24, 2.45) is 0 Å². The van der Waals surface area contributed by atoms with Crippen LogP contribution >= 0.6 is 0 Å². The van der Waals surface area contributed by atoms with Gasteiger partial charge < -0.3 is 4.90 Å². The van der Waals surface area contributed by atoms with Crippen molar-refractivity contribution >= 4 is 5.91 Å². The fraction of sp³-hybridized carbons (Fsp3) is 0.174. The predicted octanol–water partition coefficient (Wildman–Crippen LogP) is 4.54. The Hall–Kier alpha value is -2.94. The maximum Gasteiger partial charge on any atom is 0.227 e. The van der Waals surface area contributed by atoms with E-state index in [9.17, 15) is 9.18 Å². The van der Waals surface area contributed by atoms with E-state index in [-0.39, 0.29) is 17.8 Å². The average molecular weight is 345 g/mol. The number of benzene rings is 3. The van der Waals surface area contributed by atoms with Crippen molar-refractivity contribution in [3.05, 3.63) is 107 Å². The third-order valence-corrected chi connectivity index (χ3v) is 4.99. The average Bonchev–Trinajstić information content (AvgIpc) is 2.68. The van der Waals surface area contributed by atoms with Gasteiger partial charge in [-0.2, -0.15) is 0 Å². The summed E-state index contributed by atoms with van der Waals surface area (Å²) >= 11 is 0. The van der Waals surface area contributed by atoms with Gasteiger partial charge in [-0.15, -0.1) is 0 Å². The maximum atomic E-state index is 13.4. The summed E-state index contributed by atoms with van der Waals surface area (Å²) in [5.41, 5.74) is 4.34. The van der Waals surface area contributed by atoms with E-state index >= 15 is 0 Å². The third kappa shape index (κ3) is 3.25. The number of amides is 1. The molecule has 3 aromatic carbocycles. The molecule has 3 aromatic rings. The van der Waals surface area contributed by atoms with Crippen molar-refractivity contribution in [3.8, 4) is 0 Å². The summed E-state index contributed by atoms with van der Waals surface area (Å²) in [6, 6.07) is 24.3. The van der Waals surface area contributed by atoms with Crippen LogP contribution in [0.3, 0.4) is 0 Å². The molecule has 130 valence electrons. The number of rotatable bonds is 3. The van der Waals surface area contributed by atoms with Crippen LogP contribution in [0.1, 0.15) is 28.3 Å². The SMILES string of the molecule is O=C(Cc1ccccc1)N1CCc2ccccc2[C@@H]1c1ccc(F)cc1. The lowest BCUT2D eigenvalue weighted by molar-refractivity contribution is -0.132. The third-order valence-electron chi connectivity index (χ3n) is 4.99. The second-order valence-electron chi connectivity index (χ2n) is 6.65. The van der Waals surface area contributed by atoms with E-state index < -0.39 is 0 Å². The zero-order valence-electron chi connectivity index (χ0n) is 14.4. The quantitative estimate of drug-likeness (QED) is 0.682. The highest BCUT2D eigenvalue weighted by atomic mass is 19.1. The van der Waals surface area contributed by atoms with Gasteiger partial charge >= 0.3 is 0 Å². The number of hydrogen-bond donors (Lipinski definition) is 0. The lowest BCUT2D eigenvalue weighted by atomic mass is 9.88. The van der Waals surface area contributed by atoms with E-state index in [0.717, 1.165) is 23.1 Å². The van der Waals surface area contributed by atoms with E-state index in [1.807, 2.05) is 47.4 Å². The highest BCUT2D eigenvalue weighted by Crippen LogP contribution is 2.35. The van der Waals surface area contributed by atoms with Crippen LogP contribution in [0.5, 0.6) is 0 Å². The zero-order valence-corrected chi connectivity index (χ0v) is 14.4. The fourth-order valence-electron chi connectivity index (χ4n) is 3.71. The molecule has 0 saturated carbocycles. The zero-order chi connectivity index (χ0) is 17.9. The number of nitrogens with zero attached hydrogens (tertiary/aromatic N) is 1. The summed E-state index contributed by atoms with van der Waals surface area (Å²) < 4.78 is 13.4. The maximum absolute atomic E-state index is 13.4. The van der Waals surface area contributed by atoms with Crippen LogP contribution < -0.4 is 0 Å². The molecule has 0 saturated heterocycles. The number of hydrogen-bond acceptors (Lipinski definition) is 1. The first kappa shape index (κ1) is 16.5. The van der Waals surface area contributed by atoms with Crippen molar-refractivity contribution in [1.29, 1.82) is 0 Å². The van der Waals surface area contributed by atoms with Gasteiger partial charge in [-0.1, -0.05) is 66.7 Å². The lowest BCUT2D eigenvalue weighted by Gasteiger charge is -2.38. The minimum Gasteiger partial charge on any atom is -0.331 e. The number of halogens is 1. The van der Waals surface area contributed by atoms with Gasteiger partial charge in [-0.3, -0.25) is 4.79 Å². The normalized spacial score (nSPS) is 16.2. The van der Waals surface area contributed by atoms with Gasteiger partial charge in [0.2, 0.25) is 5.91 Å². The smallest absolute Gasteiger partial charge is 0.227 e. The molecule has 1 aliphatic rings. The van der Waals surface area contributed by atoms with Gasteiger partial charge in [0, 0.05) is 6.54 Å². The number of carbonyl (C=O) groups excluding carboxylic acids is 1. The van der Waals surface area contributed by atoms with Crippen LogP contribution in [-0.4, -0.2) is 17.4 Å². The Bertz CT molecular complexity index is 905. The topological polar surface area (TPSA) is 20.3 Å². The molecule has 0 radical (unpaired) electrons. The van der Waals surface area contributed by atoms with Crippen LogP contribution in [0.25, 0.3) is 0 Å². The largest absolute Gasteiger partial charge is 0.331 e. The molecule has 0 aromatic heterocycles. The Morgan fingerprint density at radius 1 is 0.923 bits per heavy atom. The van der Waals surface area contributed by atoms with Crippen molar-refractivity contribution < 1.29 is 9.18 Å². The van der Waals surface area contributed by atoms with Gasteiger partial charge in [0.25, 0.3) is 0 Å². The van der Waals surface area contributed by atoms with Gasteiger partial charge in [0.05, 0.1) is 12.5 Å². The van der Waals surface area contributed by atoms with E-state index in [4.69, 9.17) is 0 Å². The number of fused-ring (bicyclic) bond motifs is 1. The second-order valence-corrected chi connectivity index (χ2v) is 6.65. The highest BCUT2D eigenvalue weighted by molar-refractivity contribution is 5.80. The Morgan fingerprint density at radius 2 is 1.62 bits per heavy atom. The molecule has 3 heteroatoms. The Kier molecular flexibility index (Phi) is 4.53. The van der Waals surface area contributed by atoms with Crippen molar-refractivity contribution in [2.75, 3.05) is 6.54 Å². The molecule has 0 spiro atoms. The Labute approximate surface area is 152 Å². The van der Waals surface area contributed by atoms with Crippen LogP contribution in [0, 0.1) is 5.82 Å². The first-order valence-corrected chi connectivity index (χ1v) is 8.89. The van der Waals surface area contributed by atoms with Gasteiger partial charge in [0.15, 0.2) is 0 Å². The molecule has 1 heterocycles. The van der Waals surface area contributed by atoms with E-state index in [1.165, 1.54) is 17.7 Å². The highest BCUT2D eigenvalue weighted by Gasteiger charge is 2.31. The lowest BCUT2D eigenvalue weighted by Crippen LogP contribution is -2.41.